The Morgan fingerprint density at radius 2 is 2.33 bits per heavy atom. The molecule has 0 unspecified atom stereocenters. The van der Waals surface area contributed by atoms with Crippen molar-refractivity contribution in [2.75, 3.05) is 6.61 Å². The average Bonchev–Trinajstić information content (AvgIpc) is 2.70. The van der Waals surface area contributed by atoms with Gasteiger partial charge in [-0.05, 0) is 26.2 Å². The van der Waals surface area contributed by atoms with Crippen molar-refractivity contribution in [3.63, 3.8) is 0 Å². The standard InChI is InChI=1S/C12H23NO2/c1-3-4-5-7-10(2)13-12(14)11-8-6-9-15-11/h10-11H,3-9H2,1-2H3,(H,13,14)/t10-,11-/m1/s1. The molecule has 1 N–H and O–H groups in total. The van der Waals surface area contributed by atoms with Crippen LogP contribution in [0.1, 0.15) is 52.4 Å². The summed E-state index contributed by atoms with van der Waals surface area (Å²) < 4.78 is 5.33. The van der Waals surface area contributed by atoms with Crippen molar-refractivity contribution in [1.82, 2.24) is 5.32 Å². The molecule has 0 aromatic rings. The van der Waals surface area contributed by atoms with E-state index in [4.69, 9.17) is 4.74 Å². The lowest BCUT2D eigenvalue weighted by atomic mass is 10.1. The molecule has 1 heterocycles. The fourth-order valence-corrected chi connectivity index (χ4v) is 1.89. The van der Waals surface area contributed by atoms with Crippen LogP contribution >= 0.6 is 0 Å². The van der Waals surface area contributed by atoms with Gasteiger partial charge in [-0.25, -0.2) is 0 Å². The molecule has 0 aromatic heterocycles. The summed E-state index contributed by atoms with van der Waals surface area (Å²) in [6.07, 6.45) is 6.47. The number of unbranched alkanes of at least 4 members (excludes halogenated alkanes) is 2. The highest BCUT2D eigenvalue weighted by Gasteiger charge is 2.24. The maximum atomic E-state index is 11.7. The Balaban J connectivity index is 2.13. The molecule has 88 valence electrons. The van der Waals surface area contributed by atoms with Gasteiger partial charge in [0.15, 0.2) is 0 Å². The fourth-order valence-electron chi connectivity index (χ4n) is 1.89. The van der Waals surface area contributed by atoms with Gasteiger partial charge in [0, 0.05) is 12.6 Å². The van der Waals surface area contributed by atoms with Crippen molar-refractivity contribution in [3.05, 3.63) is 0 Å². The average molecular weight is 213 g/mol. The molecule has 3 nitrogen and oxygen atoms in total. The van der Waals surface area contributed by atoms with Crippen LogP contribution < -0.4 is 5.32 Å². The number of carbonyl (C=O) groups is 1. The van der Waals surface area contributed by atoms with Crippen molar-refractivity contribution in [2.24, 2.45) is 0 Å². The molecule has 2 atom stereocenters. The van der Waals surface area contributed by atoms with Crippen molar-refractivity contribution < 1.29 is 9.53 Å². The molecule has 1 saturated heterocycles. The smallest absolute Gasteiger partial charge is 0.249 e. The third kappa shape index (κ3) is 4.65. The third-order valence-corrected chi connectivity index (χ3v) is 2.85. The molecule has 0 aromatic carbocycles. The maximum absolute atomic E-state index is 11.7. The van der Waals surface area contributed by atoms with Crippen LogP contribution in [0.3, 0.4) is 0 Å². The maximum Gasteiger partial charge on any atom is 0.249 e. The van der Waals surface area contributed by atoms with E-state index in [0.29, 0.717) is 0 Å². The van der Waals surface area contributed by atoms with Crippen molar-refractivity contribution in [3.8, 4) is 0 Å². The van der Waals surface area contributed by atoms with Gasteiger partial charge in [0.2, 0.25) is 5.91 Å². The summed E-state index contributed by atoms with van der Waals surface area (Å²) >= 11 is 0. The van der Waals surface area contributed by atoms with Gasteiger partial charge in [-0.1, -0.05) is 26.2 Å². The quantitative estimate of drug-likeness (QED) is 0.687. The lowest BCUT2D eigenvalue weighted by Gasteiger charge is -2.16. The van der Waals surface area contributed by atoms with Gasteiger partial charge in [0.05, 0.1) is 0 Å². The second-order valence-corrected chi connectivity index (χ2v) is 4.41. The summed E-state index contributed by atoms with van der Waals surface area (Å²) in [7, 11) is 0. The predicted octanol–water partition coefficient (Wildman–Crippen LogP) is 2.25. The van der Waals surface area contributed by atoms with E-state index < -0.39 is 0 Å². The zero-order valence-corrected chi connectivity index (χ0v) is 9.92. The van der Waals surface area contributed by atoms with Crippen molar-refractivity contribution in [2.45, 2.75) is 64.5 Å². The zero-order chi connectivity index (χ0) is 11.1. The summed E-state index contributed by atoms with van der Waals surface area (Å²) in [5, 5.41) is 3.02. The Bertz CT molecular complexity index is 188. The molecule has 1 rings (SSSR count). The van der Waals surface area contributed by atoms with Crippen LogP contribution in [0.2, 0.25) is 0 Å². The number of nitrogens with one attached hydrogen (secondary N) is 1. The summed E-state index contributed by atoms with van der Waals surface area (Å²) in [5.41, 5.74) is 0. The molecule has 0 radical (unpaired) electrons. The summed E-state index contributed by atoms with van der Waals surface area (Å²) in [6, 6.07) is 0.285. The van der Waals surface area contributed by atoms with Crippen molar-refractivity contribution >= 4 is 5.91 Å². The molecule has 0 bridgehead atoms. The highest BCUT2D eigenvalue weighted by atomic mass is 16.5. The SMILES string of the molecule is CCCCC[C@@H](C)NC(=O)[C@H]1CCCO1. The van der Waals surface area contributed by atoms with Gasteiger partial charge < -0.3 is 10.1 Å². The van der Waals surface area contributed by atoms with Crippen LogP contribution in [0.4, 0.5) is 0 Å². The second-order valence-electron chi connectivity index (χ2n) is 4.41. The lowest BCUT2D eigenvalue weighted by molar-refractivity contribution is -0.130. The molecule has 1 amide bonds. The van der Waals surface area contributed by atoms with Crippen LogP contribution in [0.25, 0.3) is 0 Å². The van der Waals surface area contributed by atoms with Gasteiger partial charge >= 0.3 is 0 Å². The predicted molar refractivity (Wildman–Crippen MR) is 60.7 cm³/mol. The number of hydrogen-bond donors (Lipinski definition) is 1. The first-order chi connectivity index (χ1) is 7.24. The molecule has 1 aliphatic rings. The molecule has 1 fully saturated rings. The van der Waals surface area contributed by atoms with E-state index in [1.807, 2.05) is 0 Å². The fraction of sp³-hybridized carbons (Fsp3) is 0.917. The molecule has 15 heavy (non-hydrogen) atoms. The number of amides is 1. The first kappa shape index (κ1) is 12.5. The van der Waals surface area contributed by atoms with E-state index in [0.717, 1.165) is 25.9 Å². The van der Waals surface area contributed by atoms with E-state index in [-0.39, 0.29) is 18.1 Å². The number of ether oxygens (including phenoxy) is 1. The summed E-state index contributed by atoms with van der Waals surface area (Å²) in [6.45, 7) is 5.00. The molecular formula is C12H23NO2. The largest absolute Gasteiger partial charge is 0.368 e. The molecular weight excluding hydrogens is 190 g/mol. The van der Waals surface area contributed by atoms with Crippen molar-refractivity contribution in [1.29, 1.82) is 0 Å². The normalized spacial score (nSPS) is 22.7. The zero-order valence-electron chi connectivity index (χ0n) is 9.92. The topological polar surface area (TPSA) is 38.3 Å². The monoisotopic (exact) mass is 213 g/mol. The Morgan fingerprint density at radius 3 is 2.93 bits per heavy atom. The number of carbonyl (C=O) groups excluding carboxylic acids is 1. The molecule has 0 spiro atoms. The second kappa shape index (κ2) is 6.83. The van der Waals surface area contributed by atoms with Crippen LogP contribution in [-0.4, -0.2) is 24.7 Å². The minimum absolute atomic E-state index is 0.0801. The van der Waals surface area contributed by atoms with E-state index >= 15 is 0 Å². The van der Waals surface area contributed by atoms with Gasteiger partial charge in [-0.3, -0.25) is 4.79 Å². The van der Waals surface area contributed by atoms with Crippen LogP contribution in [-0.2, 0) is 9.53 Å². The first-order valence-corrected chi connectivity index (χ1v) is 6.16. The van der Waals surface area contributed by atoms with Gasteiger partial charge in [-0.15, -0.1) is 0 Å². The molecule has 3 heteroatoms. The van der Waals surface area contributed by atoms with E-state index in [9.17, 15) is 4.79 Å². The highest BCUT2D eigenvalue weighted by molar-refractivity contribution is 5.81. The Kier molecular flexibility index (Phi) is 5.69. The minimum Gasteiger partial charge on any atom is -0.368 e. The van der Waals surface area contributed by atoms with Crippen LogP contribution in [0.15, 0.2) is 0 Å². The number of rotatable bonds is 6. The Labute approximate surface area is 92.6 Å². The first-order valence-electron chi connectivity index (χ1n) is 6.16. The van der Waals surface area contributed by atoms with Gasteiger partial charge in [-0.2, -0.15) is 0 Å². The molecule has 1 aliphatic heterocycles. The van der Waals surface area contributed by atoms with E-state index in [1.54, 1.807) is 0 Å². The van der Waals surface area contributed by atoms with Crippen LogP contribution in [0, 0.1) is 0 Å². The number of hydrogen-bond acceptors (Lipinski definition) is 2. The van der Waals surface area contributed by atoms with Gasteiger partial charge in [0.25, 0.3) is 0 Å². The highest BCUT2D eigenvalue weighted by Crippen LogP contribution is 2.12. The van der Waals surface area contributed by atoms with Gasteiger partial charge in [0.1, 0.15) is 6.10 Å². The molecule has 0 aliphatic carbocycles. The Hall–Kier alpha value is -0.570. The summed E-state index contributed by atoms with van der Waals surface area (Å²) in [4.78, 5) is 11.7. The Morgan fingerprint density at radius 1 is 1.53 bits per heavy atom. The molecule has 0 saturated carbocycles. The van der Waals surface area contributed by atoms with E-state index in [1.165, 1.54) is 19.3 Å². The lowest BCUT2D eigenvalue weighted by Crippen LogP contribution is -2.39. The van der Waals surface area contributed by atoms with Crippen LogP contribution in [0.5, 0.6) is 0 Å². The summed E-state index contributed by atoms with van der Waals surface area (Å²) in [5.74, 6) is 0.0801. The van der Waals surface area contributed by atoms with E-state index in [2.05, 4.69) is 19.2 Å². The third-order valence-electron chi connectivity index (χ3n) is 2.85. The minimum atomic E-state index is -0.182.